The molecule has 14 nitrogen and oxygen atoms in total. The molecule has 3 N–H and O–H groups in total. The summed E-state index contributed by atoms with van der Waals surface area (Å²) >= 11 is 0. The highest BCUT2D eigenvalue weighted by atomic mass is 32.2. The van der Waals surface area contributed by atoms with E-state index in [1.54, 1.807) is 13.1 Å². The van der Waals surface area contributed by atoms with Crippen LogP contribution in [0, 0.1) is 23.2 Å². The number of benzene rings is 1. The van der Waals surface area contributed by atoms with Gasteiger partial charge in [0.05, 0.1) is 24.1 Å². The quantitative estimate of drug-likeness (QED) is 0.248. The second-order valence-corrected chi connectivity index (χ2v) is 20.1. The van der Waals surface area contributed by atoms with Crippen molar-refractivity contribution in [3.05, 3.63) is 42.6 Å². The molecule has 0 unspecified atom stereocenters. The molecule has 310 valence electrons. The molecule has 3 saturated carbocycles. The van der Waals surface area contributed by atoms with Gasteiger partial charge in [-0.1, -0.05) is 58.0 Å². The summed E-state index contributed by atoms with van der Waals surface area (Å²) in [6.45, 7) is 10.3. The number of rotatable bonds is 11. The molecule has 0 bridgehead atoms. The third-order valence-electron chi connectivity index (χ3n) is 12.9. The van der Waals surface area contributed by atoms with Gasteiger partial charge in [-0.05, 0) is 88.0 Å². The van der Waals surface area contributed by atoms with Crippen LogP contribution >= 0.6 is 0 Å². The van der Waals surface area contributed by atoms with E-state index < -0.39 is 68.2 Å². The Morgan fingerprint density at radius 2 is 1.81 bits per heavy atom. The number of amides is 4. The van der Waals surface area contributed by atoms with Crippen LogP contribution in [-0.2, 0) is 24.4 Å². The van der Waals surface area contributed by atoms with Crippen LogP contribution in [-0.4, -0.2) is 100 Å². The molecular formula is C42H57N5O9S. The fourth-order valence-electron chi connectivity index (χ4n) is 8.60. The predicted molar refractivity (Wildman–Crippen MR) is 213 cm³/mol. The van der Waals surface area contributed by atoms with Gasteiger partial charge in [-0.15, -0.1) is 0 Å². The molecule has 0 spiro atoms. The second kappa shape index (κ2) is 15.4. The molecule has 7 rings (SSSR count). The summed E-state index contributed by atoms with van der Waals surface area (Å²) in [5.74, 6) is -1.76. The summed E-state index contributed by atoms with van der Waals surface area (Å²) in [6, 6.07) is 5.29. The first kappa shape index (κ1) is 40.8. The van der Waals surface area contributed by atoms with Gasteiger partial charge in [0.15, 0.2) is 0 Å². The topological polar surface area (TPSA) is 185 Å². The van der Waals surface area contributed by atoms with Gasteiger partial charge in [0, 0.05) is 29.7 Å². The van der Waals surface area contributed by atoms with Crippen molar-refractivity contribution in [2.75, 3.05) is 19.7 Å². The Bertz CT molecular complexity index is 2050. The number of aromatic nitrogens is 1. The zero-order valence-corrected chi connectivity index (χ0v) is 34.5. The highest BCUT2D eigenvalue weighted by Crippen LogP contribution is 2.49. The van der Waals surface area contributed by atoms with Gasteiger partial charge in [0.1, 0.15) is 29.5 Å². The average molecular weight is 808 g/mol. The number of sulfonamides is 1. The van der Waals surface area contributed by atoms with Gasteiger partial charge in [0.2, 0.25) is 27.7 Å². The summed E-state index contributed by atoms with van der Waals surface area (Å²) in [4.78, 5) is 64.1. The summed E-state index contributed by atoms with van der Waals surface area (Å²) < 4.78 is 40.2. The van der Waals surface area contributed by atoms with Crippen molar-refractivity contribution in [3.8, 4) is 11.6 Å². The summed E-state index contributed by atoms with van der Waals surface area (Å²) in [6.07, 6.45) is 9.09. The Hall–Kier alpha value is -4.40. The minimum absolute atomic E-state index is 0.0263. The predicted octanol–water partition coefficient (Wildman–Crippen LogP) is 5.41. The highest BCUT2D eigenvalue weighted by Gasteiger charge is 2.63. The molecular weight excluding hydrogens is 751 g/mol. The van der Waals surface area contributed by atoms with Crippen molar-refractivity contribution in [1.29, 1.82) is 0 Å². The van der Waals surface area contributed by atoms with Crippen LogP contribution in [0.2, 0.25) is 0 Å². The number of carbonyl (C=O) groups excluding carboxylic acids is 3. The van der Waals surface area contributed by atoms with E-state index in [0.717, 1.165) is 31.1 Å². The molecule has 15 heteroatoms. The van der Waals surface area contributed by atoms with Crippen LogP contribution in [0.15, 0.2) is 42.6 Å². The number of hydrogen-bond acceptors (Lipinski definition) is 9. The Kier molecular flexibility index (Phi) is 11.0. The second-order valence-electron chi connectivity index (χ2n) is 17.9. The SMILES string of the molecule is CCCOc1cnc(O[C@@H]2C[C@H]3C(=O)N[C@]4(C(=O)NS(=O)(=O)C5(C)CC5)C[C@H]4/C=C\CC[C@H](C)C[C@@H](C)[C@H](N(CC4(C)CC4)C(=O)O)C(=O)N3C2)c2ccccc12. The number of allylic oxidation sites excluding steroid dienone is 1. The van der Waals surface area contributed by atoms with Gasteiger partial charge in [-0.3, -0.25) is 24.0 Å². The Morgan fingerprint density at radius 1 is 1.09 bits per heavy atom. The molecule has 4 fully saturated rings. The van der Waals surface area contributed by atoms with E-state index in [-0.39, 0.29) is 43.2 Å². The van der Waals surface area contributed by atoms with Gasteiger partial charge in [-0.25, -0.2) is 18.2 Å². The molecule has 1 aromatic carbocycles. The fourth-order valence-corrected chi connectivity index (χ4v) is 9.92. The summed E-state index contributed by atoms with van der Waals surface area (Å²) in [5.41, 5.74) is -1.78. The van der Waals surface area contributed by atoms with Crippen molar-refractivity contribution in [2.24, 2.45) is 23.2 Å². The lowest BCUT2D eigenvalue weighted by Crippen LogP contribution is -2.60. The van der Waals surface area contributed by atoms with Crippen LogP contribution in [0.5, 0.6) is 11.6 Å². The molecule has 4 amide bonds. The molecule has 2 aliphatic heterocycles. The lowest BCUT2D eigenvalue weighted by molar-refractivity contribution is -0.144. The first-order valence-corrected chi connectivity index (χ1v) is 22.0. The number of nitrogens with one attached hydrogen (secondary N) is 2. The molecule has 2 aromatic rings. The molecule has 57 heavy (non-hydrogen) atoms. The molecule has 1 saturated heterocycles. The van der Waals surface area contributed by atoms with E-state index in [1.165, 1.54) is 9.80 Å². The zero-order valence-electron chi connectivity index (χ0n) is 33.7. The van der Waals surface area contributed by atoms with Crippen LogP contribution in [0.25, 0.3) is 10.8 Å². The summed E-state index contributed by atoms with van der Waals surface area (Å²) in [5, 5.41) is 15.1. The third kappa shape index (κ3) is 8.31. The standard InChI is InChI=1S/C42H57N5O9S/c1-6-19-55-33-23-43-36(31-14-10-9-13-30(31)33)56-29-21-32-35(48)44-42(38(50)45-57(53,54)41(5)17-18-41)22-28(42)12-8-7-11-26(2)20-27(3)34(37(49)46(32)24-29)47(39(51)52)25-40(4)15-16-40/h8-10,12-14,23,26-29,32,34H,6-7,11,15-22,24-25H2,1-5H3,(H,44,48)(H,45,50)(H,51,52)/b12-8-/t26-,27+,28+,29+,32-,34-,42+/m0/s1. The Morgan fingerprint density at radius 3 is 2.47 bits per heavy atom. The zero-order chi connectivity index (χ0) is 40.9. The molecule has 5 aliphatic rings. The lowest BCUT2D eigenvalue weighted by Gasteiger charge is -2.38. The van der Waals surface area contributed by atoms with E-state index in [1.807, 2.05) is 57.2 Å². The summed E-state index contributed by atoms with van der Waals surface area (Å²) in [7, 11) is -4.01. The number of fused-ring (bicyclic) bond motifs is 3. The minimum Gasteiger partial charge on any atom is -0.491 e. The van der Waals surface area contributed by atoms with E-state index in [9.17, 15) is 27.9 Å². The van der Waals surface area contributed by atoms with E-state index in [0.29, 0.717) is 49.3 Å². The van der Waals surface area contributed by atoms with E-state index in [2.05, 4.69) is 21.9 Å². The molecule has 3 aliphatic carbocycles. The van der Waals surface area contributed by atoms with Gasteiger partial charge in [0.25, 0.3) is 5.91 Å². The number of ether oxygens (including phenoxy) is 2. The molecule has 3 heterocycles. The Labute approximate surface area is 335 Å². The normalized spacial score (nSPS) is 31.1. The number of hydrogen-bond donors (Lipinski definition) is 3. The largest absolute Gasteiger partial charge is 0.491 e. The number of pyridine rings is 1. The van der Waals surface area contributed by atoms with Gasteiger partial charge >= 0.3 is 6.09 Å². The average Bonchev–Trinajstić information content (AvgIpc) is 4.12. The highest BCUT2D eigenvalue weighted by molar-refractivity contribution is 7.91. The lowest BCUT2D eigenvalue weighted by atomic mass is 9.86. The first-order chi connectivity index (χ1) is 27.0. The van der Waals surface area contributed by atoms with E-state index >= 15 is 4.79 Å². The smallest absolute Gasteiger partial charge is 0.408 e. The molecule has 7 atom stereocenters. The van der Waals surface area contributed by atoms with Crippen molar-refractivity contribution >= 4 is 44.6 Å². The minimum atomic E-state index is -4.01. The van der Waals surface area contributed by atoms with Crippen molar-refractivity contribution in [3.63, 3.8) is 0 Å². The molecule has 0 radical (unpaired) electrons. The van der Waals surface area contributed by atoms with Crippen molar-refractivity contribution in [1.82, 2.24) is 24.8 Å². The fraction of sp³-hybridized carbons (Fsp3) is 0.643. The van der Waals surface area contributed by atoms with Crippen LogP contribution in [0.1, 0.15) is 98.8 Å². The first-order valence-electron chi connectivity index (χ1n) is 20.5. The molecule has 1 aromatic heterocycles. The van der Waals surface area contributed by atoms with Crippen LogP contribution in [0.4, 0.5) is 4.79 Å². The number of carbonyl (C=O) groups is 4. The maximum atomic E-state index is 15.1. The third-order valence-corrected chi connectivity index (χ3v) is 15.1. The Balaban J connectivity index is 1.25. The number of carboxylic acid groups (broad SMARTS) is 1. The van der Waals surface area contributed by atoms with Crippen molar-refractivity contribution < 1.29 is 42.2 Å². The maximum Gasteiger partial charge on any atom is 0.408 e. The van der Waals surface area contributed by atoms with Crippen molar-refractivity contribution in [2.45, 2.75) is 127 Å². The van der Waals surface area contributed by atoms with Crippen LogP contribution < -0.4 is 19.5 Å². The maximum absolute atomic E-state index is 15.1. The number of nitrogens with zero attached hydrogens (tertiary/aromatic N) is 3. The van der Waals surface area contributed by atoms with Crippen LogP contribution in [0.3, 0.4) is 0 Å². The van der Waals surface area contributed by atoms with Gasteiger partial charge < -0.3 is 24.8 Å². The monoisotopic (exact) mass is 807 g/mol. The van der Waals surface area contributed by atoms with Gasteiger partial charge in [-0.2, -0.15) is 0 Å². The van der Waals surface area contributed by atoms with E-state index in [4.69, 9.17) is 9.47 Å².